The molecule has 4 aliphatic rings. The van der Waals surface area contributed by atoms with E-state index in [0.717, 1.165) is 81.4 Å². The molecule has 0 spiro atoms. The van der Waals surface area contributed by atoms with Gasteiger partial charge in [0.2, 0.25) is 11.9 Å². The van der Waals surface area contributed by atoms with E-state index in [1.807, 2.05) is 29.3 Å². The first-order valence-corrected chi connectivity index (χ1v) is 20.1. The summed E-state index contributed by atoms with van der Waals surface area (Å²) in [5, 5.41) is 6.36. The molecule has 4 fully saturated rings. The largest absolute Gasteiger partial charge is 0.368 e. The maximum atomic E-state index is 15.5. The van der Waals surface area contributed by atoms with Gasteiger partial charge in [-0.1, -0.05) is 30.5 Å². The van der Waals surface area contributed by atoms with Crippen molar-refractivity contribution in [1.29, 1.82) is 0 Å². The van der Waals surface area contributed by atoms with E-state index in [1.54, 1.807) is 25.2 Å². The second-order valence-electron chi connectivity index (χ2n) is 15.7. The van der Waals surface area contributed by atoms with E-state index in [0.29, 0.717) is 42.3 Å². The Hall–Kier alpha value is -4.93. The third-order valence-corrected chi connectivity index (χ3v) is 12.1. The van der Waals surface area contributed by atoms with Gasteiger partial charge in [-0.2, -0.15) is 13.8 Å². The summed E-state index contributed by atoms with van der Waals surface area (Å²) in [4.78, 5) is 60.4. The quantitative estimate of drug-likeness (QED) is 0.201. The van der Waals surface area contributed by atoms with Crippen LogP contribution in [0.15, 0.2) is 48.8 Å². The number of nitrogens with one attached hydrogen (secondary N) is 2. The summed E-state index contributed by atoms with van der Waals surface area (Å²) in [6.07, 6.45) is 9.67. The lowest BCUT2D eigenvalue weighted by Crippen LogP contribution is -2.54. The van der Waals surface area contributed by atoms with E-state index >= 15 is 8.78 Å². The standard InChI is InChI=1S/C40H48ClF2N11O3/c1-49(2)37(56)33-21-26-23-45-38(48-36(26)54(33)29-5-3-4-6-29)46-34-10-8-30(24-44-34)52-19-17-51(18-20-52)28-11-14-50(15-12-28)25-40(42,43)27-7-9-32(31(41)22-27)53-16-13-35(55)47-39(53)57/h7-10,21-24,28-29H,3-6,11-20,25H2,1-2H3,(H,47,55,57)(H,44,45,46,48). The molecule has 4 amide bonds. The predicted molar refractivity (Wildman–Crippen MR) is 215 cm³/mol. The Kier molecular flexibility index (Phi) is 11.0. The van der Waals surface area contributed by atoms with Gasteiger partial charge in [0, 0.05) is 82.5 Å². The molecule has 3 aliphatic heterocycles. The van der Waals surface area contributed by atoms with Crippen molar-refractivity contribution in [3.8, 4) is 0 Å². The molecule has 0 bridgehead atoms. The number of rotatable bonds is 10. The second kappa shape index (κ2) is 16.1. The monoisotopic (exact) mass is 803 g/mol. The number of hydrogen-bond acceptors (Lipinski definition) is 10. The number of hydrogen-bond donors (Lipinski definition) is 2. The fourth-order valence-corrected chi connectivity index (χ4v) is 8.95. The van der Waals surface area contributed by atoms with Crippen LogP contribution < -0.4 is 20.4 Å². The van der Waals surface area contributed by atoms with Crippen LogP contribution in [0, 0.1) is 0 Å². The maximum absolute atomic E-state index is 15.5. The highest BCUT2D eigenvalue weighted by Gasteiger charge is 2.38. The van der Waals surface area contributed by atoms with Crippen LogP contribution in [0.5, 0.6) is 0 Å². The van der Waals surface area contributed by atoms with E-state index in [2.05, 4.69) is 35.0 Å². The van der Waals surface area contributed by atoms with Crippen molar-refractivity contribution in [2.24, 2.45) is 0 Å². The highest BCUT2D eigenvalue weighted by Crippen LogP contribution is 2.37. The number of halogens is 3. The van der Waals surface area contributed by atoms with Crippen molar-refractivity contribution >= 4 is 63.6 Å². The van der Waals surface area contributed by atoms with Gasteiger partial charge in [-0.3, -0.25) is 29.6 Å². The SMILES string of the molecule is CN(C)C(=O)c1cc2cnc(Nc3ccc(N4CCN(C5CCN(CC(F)(F)c6ccc(N7CCC(=O)NC7=O)c(Cl)c6)CC5)CC4)cn3)nc2n1C1CCCC1. The normalized spacial score (nSPS) is 19.4. The van der Waals surface area contributed by atoms with Gasteiger partial charge in [0.25, 0.3) is 11.8 Å². The summed E-state index contributed by atoms with van der Waals surface area (Å²) in [6.45, 7) is 4.31. The topological polar surface area (TPSA) is 135 Å². The van der Waals surface area contributed by atoms with Gasteiger partial charge >= 0.3 is 6.03 Å². The Bertz CT molecular complexity index is 2130. The molecular weight excluding hydrogens is 756 g/mol. The van der Waals surface area contributed by atoms with Crippen LogP contribution in [0.2, 0.25) is 5.02 Å². The lowest BCUT2D eigenvalue weighted by molar-refractivity contribution is -0.120. The third kappa shape index (κ3) is 8.25. The molecule has 1 saturated carbocycles. The number of urea groups is 1. The van der Waals surface area contributed by atoms with Crippen molar-refractivity contribution in [1.82, 2.24) is 39.5 Å². The molecule has 302 valence electrons. The van der Waals surface area contributed by atoms with Crippen LogP contribution in [0.4, 0.5) is 36.7 Å². The maximum Gasteiger partial charge on any atom is 0.328 e. The van der Waals surface area contributed by atoms with E-state index in [9.17, 15) is 14.4 Å². The van der Waals surface area contributed by atoms with Gasteiger partial charge in [-0.15, -0.1) is 0 Å². The smallest absolute Gasteiger partial charge is 0.328 e. The fraction of sp³-hybridized carbons (Fsp3) is 0.500. The second-order valence-corrected chi connectivity index (χ2v) is 16.1. The molecule has 57 heavy (non-hydrogen) atoms. The minimum atomic E-state index is -3.13. The summed E-state index contributed by atoms with van der Waals surface area (Å²) >= 11 is 6.37. The zero-order valence-corrected chi connectivity index (χ0v) is 33.0. The molecule has 3 saturated heterocycles. The van der Waals surface area contributed by atoms with E-state index in [4.69, 9.17) is 16.6 Å². The molecule has 1 aromatic carbocycles. The number of fused-ring (bicyclic) bond motifs is 1. The van der Waals surface area contributed by atoms with E-state index < -0.39 is 18.5 Å². The number of carbonyl (C=O) groups is 3. The first kappa shape index (κ1) is 38.9. The Labute approximate surface area is 335 Å². The van der Waals surface area contributed by atoms with Crippen LogP contribution in [-0.4, -0.2) is 125 Å². The van der Waals surface area contributed by atoms with Crippen molar-refractivity contribution in [3.05, 3.63) is 65.1 Å². The first-order chi connectivity index (χ1) is 27.4. The number of aromatic nitrogens is 4. The van der Waals surface area contributed by atoms with Crippen molar-refractivity contribution in [2.75, 3.05) is 81.6 Å². The number of benzene rings is 1. The summed E-state index contributed by atoms with van der Waals surface area (Å²) < 4.78 is 33.1. The van der Waals surface area contributed by atoms with Crippen molar-refractivity contribution in [2.45, 2.75) is 63.0 Å². The Morgan fingerprint density at radius 3 is 2.35 bits per heavy atom. The summed E-state index contributed by atoms with van der Waals surface area (Å²) in [5.74, 6) is -2.49. The van der Waals surface area contributed by atoms with Gasteiger partial charge in [0.15, 0.2) is 0 Å². The lowest BCUT2D eigenvalue weighted by Gasteiger charge is -2.43. The average Bonchev–Trinajstić information content (AvgIpc) is 3.87. The van der Waals surface area contributed by atoms with Gasteiger partial charge in [-0.25, -0.2) is 14.8 Å². The summed E-state index contributed by atoms with van der Waals surface area (Å²) in [5.41, 5.74) is 2.52. The molecular formula is C40H48ClF2N11O3. The third-order valence-electron chi connectivity index (χ3n) is 11.8. The number of nitrogens with zero attached hydrogens (tertiary/aromatic N) is 9. The minimum absolute atomic E-state index is 0.0425. The van der Waals surface area contributed by atoms with Crippen LogP contribution >= 0.6 is 11.6 Å². The molecule has 0 radical (unpaired) electrons. The number of alkyl halides is 2. The Balaban J connectivity index is 0.823. The number of amides is 4. The van der Waals surface area contributed by atoms with Crippen molar-refractivity contribution in [3.63, 3.8) is 0 Å². The molecule has 0 unspecified atom stereocenters. The molecule has 4 aromatic rings. The number of imide groups is 1. The number of anilines is 4. The number of piperazine rings is 1. The molecule has 6 heterocycles. The molecule has 8 rings (SSSR count). The van der Waals surface area contributed by atoms with Gasteiger partial charge < -0.3 is 19.7 Å². The lowest BCUT2D eigenvalue weighted by atomic mass is 10.0. The van der Waals surface area contributed by atoms with Crippen LogP contribution in [0.3, 0.4) is 0 Å². The van der Waals surface area contributed by atoms with Crippen LogP contribution in [0.1, 0.15) is 67.0 Å². The van der Waals surface area contributed by atoms with Gasteiger partial charge in [0.05, 0.1) is 29.1 Å². The zero-order chi connectivity index (χ0) is 39.8. The van der Waals surface area contributed by atoms with Gasteiger partial charge in [-0.05, 0) is 69.1 Å². The fourth-order valence-electron chi connectivity index (χ4n) is 8.66. The Morgan fingerprint density at radius 2 is 1.68 bits per heavy atom. The average molecular weight is 804 g/mol. The minimum Gasteiger partial charge on any atom is -0.368 e. The predicted octanol–water partition coefficient (Wildman–Crippen LogP) is 5.86. The van der Waals surface area contributed by atoms with Gasteiger partial charge in [0.1, 0.15) is 17.2 Å². The van der Waals surface area contributed by atoms with E-state index in [1.165, 1.54) is 23.1 Å². The molecule has 1 aliphatic carbocycles. The molecule has 3 aromatic heterocycles. The van der Waals surface area contributed by atoms with Crippen LogP contribution in [0.25, 0.3) is 11.0 Å². The highest BCUT2D eigenvalue weighted by molar-refractivity contribution is 6.34. The number of pyridine rings is 1. The summed E-state index contributed by atoms with van der Waals surface area (Å²) in [6, 6.07) is 9.79. The summed E-state index contributed by atoms with van der Waals surface area (Å²) in [7, 11) is 3.53. The Morgan fingerprint density at radius 1 is 0.930 bits per heavy atom. The number of piperidine rings is 1. The number of carbonyl (C=O) groups excluding carboxylic acids is 3. The van der Waals surface area contributed by atoms with E-state index in [-0.39, 0.29) is 41.4 Å². The number of likely N-dealkylation sites (tertiary alicyclic amines) is 1. The first-order valence-electron chi connectivity index (χ1n) is 19.8. The van der Waals surface area contributed by atoms with Crippen LogP contribution in [-0.2, 0) is 10.7 Å². The molecule has 17 heteroatoms. The highest BCUT2D eigenvalue weighted by atomic mass is 35.5. The molecule has 14 nitrogen and oxygen atoms in total. The molecule has 2 N–H and O–H groups in total. The molecule has 0 atom stereocenters. The zero-order valence-electron chi connectivity index (χ0n) is 32.3. The van der Waals surface area contributed by atoms with Crippen molar-refractivity contribution < 1.29 is 23.2 Å².